The average molecular weight is 519 g/mol. The van der Waals surface area contributed by atoms with Gasteiger partial charge in [-0.2, -0.15) is 0 Å². The maximum atomic E-state index is 14.4. The van der Waals surface area contributed by atoms with E-state index in [1.54, 1.807) is 36.4 Å². The Morgan fingerprint density at radius 3 is 2.71 bits per heavy atom. The third kappa shape index (κ3) is 6.36. The molecule has 0 saturated carbocycles. The normalized spacial score (nSPS) is 13.8. The molecule has 0 saturated heterocycles. The van der Waals surface area contributed by atoms with Gasteiger partial charge >= 0.3 is 0 Å². The molecule has 4 rings (SSSR count). The maximum absolute atomic E-state index is 14.4. The SMILES string of the molecule is C=Nc1ccc(C(=O)NCCc2cc3c(c(-c4ccc(F)cc4)n2)OCC3F)cc1SCN.CCl. The van der Waals surface area contributed by atoms with Gasteiger partial charge in [-0.1, -0.05) is 0 Å². The van der Waals surface area contributed by atoms with Crippen LogP contribution < -0.4 is 15.8 Å². The van der Waals surface area contributed by atoms with E-state index < -0.39 is 6.17 Å². The van der Waals surface area contributed by atoms with Crippen LogP contribution >= 0.6 is 23.4 Å². The van der Waals surface area contributed by atoms with Gasteiger partial charge in [0.2, 0.25) is 0 Å². The van der Waals surface area contributed by atoms with Crippen molar-refractivity contribution in [3.63, 3.8) is 0 Å². The summed E-state index contributed by atoms with van der Waals surface area (Å²) < 4.78 is 33.2. The molecular weight excluding hydrogens is 494 g/mol. The molecule has 0 fully saturated rings. The smallest absolute Gasteiger partial charge is 0.251 e. The molecule has 2 aromatic carbocycles. The van der Waals surface area contributed by atoms with E-state index in [4.69, 9.17) is 10.5 Å². The molecular formula is C25H25ClF2N4O2S. The van der Waals surface area contributed by atoms with Crippen molar-refractivity contribution in [1.82, 2.24) is 10.3 Å². The van der Waals surface area contributed by atoms with Gasteiger partial charge in [0.25, 0.3) is 5.91 Å². The average Bonchev–Trinajstić information content (AvgIpc) is 3.26. The largest absolute Gasteiger partial charge is 0.487 e. The molecule has 1 unspecified atom stereocenters. The third-order valence-corrected chi connectivity index (χ3v) is 5.99. The van der Waals surface area contributed by atoms with Crippen molar-refractivity contribution in [3.8, 4) is 17.0 Å². The number of nitrogens with two attached hydrogens (primary N) is 1. The van der Waals surface area contributed by atoms with Crippen molar-refractivity contribution in [2.24, 2.45) is 10.7 Å². The molecule has 0 spiro atoms. The summed E-state index contributed by atoms with van der Waals surface area (Å²) >= 11 is 6.01. The van der Waals surface area contributed by atoms with Gasteiger partial charge in [0, 0.05) is 52.5 Å². The summed E-state index contributed by atoms with van der Waals surface area (Å²) in [5, 5.41) is 2.86. The fourth-order valence-corrected chi connectivity index (χ4v) is 4.24. The zero-order valence-corrected chi connectivity index (χ0v) is 20.6. The van der Waals surface area contributed by atoms with Crippen LogP contribution in [0.5, 0.6) is 5.75 Å². The molecule has 0 aliphatic carbocycles. The summed E-state index contributed by atoms with van der Waals surface area (Å²) in [6.07, 6.45) is 0.599. The second-order valence-electron chi connectivity index (χ2n) is 7.32. The Morgan fingerprint density at radius 1 is 1.29 bits per heavy atom. The van der Waals surface area contributed by atoms with Gasteiger partial charge in [0.05, 0.1) is 5.69 Å². The number of amides is 1. The van der Waals surface area contributed by atoms with Crippen molar-refractivity contribution >= 4 is 41.7 Å². The second-order valence-corrected chi connectivity index (χ2v) is 8.39. The number of pyridine rings is 1. The molecule has 1 aliphatic heterocycles. The molecule has 0 radical (unpaired) electrons. The van der Waals surface area contributed by atoms with Crippen LogP contribution in [0, 0.1) is 5.82 Å². The maximum Gasteiger partial charge on any atom is 0.251 e. The molecule has 0 bridgehead atoms. The topological polar surface area (TPSA) is 89.6 Å². The molecule has 1 aromatic heterocycles. The number of carbonyl (C=O) groups is 1. The predicted octanol–water partition coefficient (Wildman–Crippen LogP) is 5.46. The number of hydrogen-bond acceptors (Lipinski definition) is 6. The number of aliphatic imine (C=N–C) groups is 1. The number of aromatic nitrogens is 1. The number of halogens is 3. The molecule has 1 atom stereocenters. The summed E-state index contributed by atoms with van der Waals surface area (Å²) in [6.45, 7) is 3.75. The lowest BCUT2D eigenvalue weighted by Gasteiger charge is -2.12. The number of benzene rings is 2. The van der Waals surface area contributed by atoms with Gasteiger partial charge in [0.1, 0.15) is 18.1 Å². The van der Waals surface area contributed by atoms with Crippen molar-refractivity contribution in [2.75, 3.05) is 25.4 Å². The highest BCUT2D eigenvalue weighted by Crippen LogP contribution is 2.41. The number of rotatable bonds is 8. The number of nitrogens with one attached hydrogen (secondary N) is 1. The highest BCUT2D eigenvalue weighted by atomic mass is 35.5. The van der Waals surface area contributed by atoms with Gasteiger partial charge in [-0.3, -0.25) is 9.79 Å². The molecule has 1 amide bonds. The first kappa shape index (κ1) is 26.6. The molecule has 35 heavy (non-hydrogen) atoms. The van der Waals surface area contributed by atoms with Crippen LogP contribution in [-0.4, -0.2) is 43.0 Å². The highest BCUT2D eigenvalue weighted by molar-refractivity contribution is 7.99. The van der Waals surface area contributed by atoms with Gasteiger partial charge in [0.15, 0.2) is 11.9 Å². The number of nitrogens with zero attached hydrogens (tertiary/aromatic N) is 2. The van der Waals surface area contributed by atoms with Crippen LogP contribution in [0.3, 0.4) is 0 Å². The summed E-state index contributed by atoms with van der Waals surface area (Å²) in [5.41, 5.74) is 8.87. The van der Waals surface area contributed by atoms with Crippen LogP contribution in [0.1, 0.15) is 27.8 Å². The van der Waals surface area contributed by atoms with Crippen LogP contribution in [-0.2, 0) is 6.42 Å². The van der Waals surface area contributed by atoms with E-state index >= 15 is 0 Å². The van der Waals surface area contributed by atoms with E-state index in [1.807, 2.05) is 0 Å². The fraction of sp³-hybridized carbons (Fsp3) is 0.240. The van der Waals surface area contributed by atoms with Crippen molar-refractivity contribution in [3.05, 3.63) is 71.2 Å². The van der Waals surface area contributed by atoms with Gasteiger partial charge in [-0.15, -0.1) is 23.4 Å². The molecule has 2 heterocycles. The van der Waals surface area contributed by atoms with Crippen molar-refractivity contribution in [2.45, 2.75) is 17.5 Å². The summed E-state index contributed by atoms with van der Waals surface area (Å²) in [4.78, 5) is 21.9. The molecule has 184 valence electrons. The van der Waals surface area contributed by atoms with Gasteiger partial charge in [-0.05, 0) is 55.2 Å². The number of thioether (sulfide) groups is 1. The third-order valence-electron chi connectivity index (χ3n) is 5.18. The molecule has 1 aliphatic rings. The molecule has 3 N–H and O–H groups in total. The van der Waals surface area contributed by atoms with E-state index in [-0.39, 0.29) is 18.3 Å². The summed E-state index contributed by atoms with van der Waals surface area (Å²) in [5.74, 6) is 0.107. The lowest BCUT2D eigenvalue weighted by atomic mass is 10.0. The zero-order chi connectivity index (χ0) is 25.4. The van der Waals surface area contributed by atoms with E-state index in [2.05, 4.69) is 33.6 Å². The van der Waals surface area contributed by atoms with Crippen LogP contribution in [0.25, 0.3) is 11.3 Å². The first-order valence-corrected chi connectivity index (χ1v) is 12.4. The number of alkyl halides is 2. The second kappa shape index (κ2) is 12.6. The zero-order valence-electron chi connectivity index (χ0n) is 19.1. The molecule has 10 heteroatoms. The van der Waals surface area contributed by atoms with E-state index in [0.717, 1.165) is 4.90 Å². The Bertz CT molecular complexity index is 1190. The summed E-state index contributed by atoms with van der Waals surface area (Å²) in [7, 11) is 0. The van der Waals surface area contributed by atoms with E-state index in [1.165, 1.54) is 30.3 Å². The molecule has 3 aromatic rings. The number of hydrogen-bond donors (Lipinski definition) is 2. The Morgan fingerprint density at radius 2 is 2.03 bits per heavy atom. The number of carbonyl (C=O) groups excluding carboxylic acids is 1. The Labute approximate surface area is 212 Å². The van der Waals surface area contributed by atoms with Crippen LogP contribution in [0.4, 0.5) is 14.5 Å². The fourth-order valence-electron chi connectivity index (χ4n) is 3.57. The first-order valence-electron chi connectivity index (χ1n) is 10.7. The van der Waals surface area contributed by atoms with Gasteiger partial charge < -0.3 is 15.8 Å². The quantitative estimate of drug-likeness (QED) is 0.179. The van der Waals surface area contributed by atoms with Crippen LogP contribution in [0.2, 0.25) is 0 Å². The van der Waals surface area contributed by atoms with E-state index in [0.29, 0.717) is 58.4 Å². The minimum atomic E-state index is -1.26. The Balaban J connectivity index is 0.00000167. The highest BCUT2D eigenvalue weighted by Gasteiger charge is 2.28. The Kier molecular flexibility index (Phi) is 9.59. The lowest BCUT2D eigenvalue weighted by molar-refractivity contribution is 0.0954. The van der Waals surface area contributed by atoms with Crippen molar-refractivity contribution < 1.29 is 18.3 Å². The van der Waals surface area contributed by atoms with Crippen LogP contribution in [0.15, 0.2) is 58.4 Å². The van der Waals surface area contributed by atoms with Gasteiger partial charge in [-0.25, -0.2) is 13.8 Å². The standard InChI is InChI=1S/C24H22F2N4O2S.CH3Cl/c1-28-20-7-4-15(10-21(20)33-13-27)24(31)29-9-8-17-11-18-19(26)12-32-23(18)22(30-17)14-2-5-16(25)6-3-14;1-2/h2-7,10-11,19H,1,8-9,12-13,27H2,(H,29,31);1H3. The first-order chi connectivity index (χ1) is 17.0. The summed E-state index contributed by atoms with van der Waals surface area (Å²) in [6, 6.07) is 12.6. The monoisotopic (exact) mass is 518 g/mol. The molecule has 6 nitrogen and oxygen atoms in total. The van der Waals surface area contributed by atoms with Crippen molar-refractivity contribution in [1.29, 1.82) is 0 Å². The number of ether oxygens (including phenoxy) is 1. The lowest BCUT2D eigenvalue weighted by Crippen LogP contribution is -2.26. The minimum Gasteiger partial charge on any atom is -0.487 e. The minimum absolute atomic E-state index is 0.0793. The predicted molar refractivity (Wildman–Crippen MR) is 137 cm³/mol. The van der Waals surface area contributed by atoms with E-state index in [9.17, 15) is 13.6 Å². The number of fused-ring (bicyclic) bond motifs is 1. The Hall–Kier alpha value is -3.01.